The van der Waals surface area contributed by atoms with Crippen LogP contribution in [0.3, 0.4) is 0 Å². The number of aliphatic carboxylic acids is 4. The first-order chi connectivity index (χ1) is 13.8. The molecule has 3 amide bonds. The molecule has 30 heavy (non-hydrogen) atoms. The molecule has 0 fully saturated rings. The van der Waals surface area contributed by atoms with E-state index in [1.165, 1.54) is 0 Å². The highest BCUT2D eigenvalue weighted by atomic mass is 16.4. The number of hydrogen-bond acceptors (Lipinski definition) is 8. The average Bonchev–Trinajstić information content (AvgIpc) is 2.61. The zero-order valence-corrected chi connectivity index (χ0v) is 15.5. The quantitative estimate of drug-likeness (QED) is 0.131. The summed E-state index contributed by atoms with van der Waals surface area (Å²) in [5, 5.41) is 40.8. The van der Waals surface area contributed by atoms with E-state index in [9.17, 15) is 33.6 Å². The van der Waals surface area contributed by atoms with Crippen molar-refractivity contribution < 1.29 is 54.0 Å². The summed E-state index contributed by atoms with van der Waals surface area (Å²) in [5.74, 6) is -8.89. The van der Waals surface area contributed by atoms with Crippen LogP contribution in [0.4, 0.5) is 0 Å². The number of rotatable bonds is 14. The summed E-state index contributed by atoms with van der Waals surface area (Å²) >= 11 is 0. The van der Waals surface area contributed by atoms with Crippen LogP contribution in [-0.4, -0.2) is 86.7 Å². The van der Waals surface area contributed by atoms with Crippen molar-refractivity contribution in [1.82, 2.24) is 16.0 Å². The van der Waals surface area contributed by atoms with Gasteiger partial charge in [0, 0.05) is 6.42 Å². The van der Waals surface area contributed by atoms with E-state index in [2.05, 4.69) is 5.32 Å². The lowest BCUT2D eigenvalue weighted by atomic mass is 10.1. The number of carbonyl (C=O) groups is 7. The second kappa shape index (κ2) is 12.7. The SMILES string of the molecule is NC(CC(=O)O)C(=O)NC(CCC(=O)O)C(=O)NCC(=O)NC(CC(=O)O)C(=O)O. The fourth-order valence-electron chi connectivity index (χ4n) is 2.01. The van der Waals surface area contributed by atoms with Crippen LogP contribution in [-0.2, 0) is 33.6 Å². The molecule has 0 aromatic carbocycles. The molecule has 0 heterocycles. The molecule has 0 aliphatic rings. The van der Waals surface area contributed by atoms with Gasteiger partial charge in [-0.3, -0.25) is 28.8 Å². The molecule has 0 aliphatic carbocycles. The Labute approximate surface area is 168 Å². The zero-order chi connectivity index (χ0) is 23.4. The summed E-state index contributed by atoms with van der Waals surface area (Å²) in [5.41, 5.74) is 5.36. The summed E-state index contributed by atoms with van der Waals surface area (Å²) in [7, 11) is 0. The second-order valence-electron chi connectivity index (χ2n) is 5.97. The predicted molar refractivity (Wildman–Crippen MR) is 93.9 cm³/mol. The van der Waals surface area contributed by atoms with Gasteiger partial charge < -0.3 is 42.1 Å². The van der Waals surface area contributed by atoms with E-state index in [4.69, 9.17) is 26.2 Å². The maximum Gasteiger partial charge on any atom is 0.326 e. The highest BCUT2D eigenvalue weighted by molar-refractivity contribution is 5.94. The molecule has 0 aliphatic heterocycles. The molecule has 0 aromatic heterocycles. The van der Waals surface area contributed by atoms with Crippen LogP contribution in [0.5, 0.6) is 0 Å². The Kier molecular flexibility index (Phi) is 11.1. The molecule has 0 spiro atoms. The zero-order valence-electron chi connectivity index (χ0n) is 15.5. The van der Waals surface area contributed by atoms with Gasteiger partial charge >= 0.3 is 23.9 Å². The minimum atomic E-state index is -1.75. The van der Waals surface area contributed by atoms with Gasteiger partial charge in [0.25, 0.3) is 0 Å². The number of amides is 3. The van der Waals surface area contributed by atoms with Gasteiger partial charge in [0.05, 0.1) is 25.4 Å². The number of nitrogens with two attached hydrogens (primary N) is 1. The molecule has 0 bridgehead atoms. The molecule has 0 saturated heterocycles. The molecular weight excluding hydrogens is 412 g/mol. The van der Waals surface area contributed by atoms with Crippen molar-refractivity contribution >= 4 is 41.6 Å². The fraction of sp³-hybridized carbons (Fsp3) is 0.533. The number of carbonyl (C=O) groups excluding carboxylic acids is 3. The highest BCUT2D eigenvalue weighted by Crippen LogP contribution is 2.00. The third kappa shape index (κ3) is 11.2. The Morgan fingerprint density at radius 3 is 1.77 bits per heavy atom. The first-order valence-electron chi connectivity index (χ1n) is 8.34. The fourth-order valence-corrected chi connectivity index (χ4v) is 2.01. The first kappa shape index (κ1) is 26.2. The van der Waals surface area contributed by atoms with Gasteiger partial charge in [-0.25, -0.2) is 4.79 Å². The smallest absolute Gasteiger partial charge is 0.326 e. The van der Waals surface area contributed by atoms with Gasteiger partial charge in [0.2, 0.25) is 17.7 Å². The van der Waals surface area contributed by atoms with E-state index < -0.39 is 92.0 Å². The van der Waals surface area contributed by atoms with E-state index in [1.807, 2.05) is 10.6 Å². The van der Waals surface area contributed by atoms with E-state index in [0.717, 1.165) is 0 Å². The minimum Gasteiger partial charge on any atom is -0.481 e. The van der Waals surface area contributed by atoms with Crippen molar-refractivity contribution in [3.05, 3.63) is 0 Å². The van der Waals surface area contributed by atoms with Gasteiger partial charge in [-0.1, -0.05) is 0 Å². The lowest BCUT2D eigenvalue weighted by Gasteiger charge is -2.20. The van der Waals surface area contributed by atoms with Crippen molar-refractivity contribution in [1.29, 1.82) is 0 Å². The van der Waals surface area contributed by atoms with Crippen LogP contribution in [0.1, 0.15) is 25.7 Å². The van der Waals surface area contributed by atoms with Crippen LogP contribution in [0, 0.1) is 0 Å². The number of hydrogen-bond donors (Lipinski definition) is 8. The van der Waals surface area contributed by atoms with Crippen LogP contribution < -0.4 is 21.7 Å². The van der Waals surface area contributed by atoms with Crippen LogP contribution in [0.2, 0.25) is 0 Å². The Morgan fingerprint density at radius 1 is 0.733 bits per heavy atom. The van der Waals surface area contributed by atoms with Gasteiger partial charge in [-0.05, 0) is 6.42 Å². The van der Waals surface area contributed by atoms with Crippen molar-refractivity contribution in [3.8, 4) is 0 Å². The van der Waals surface area contributed by atoms with Gasteiger partial charge in [0.1, 0.15) is 12.1 Å². The predicted octanol–water partition coefficient (Wildman–Crippen LogP) is -3.70. The number of carboxylic acids is 4. The van der Waals surface area contributed by atoms with Crippen LogP contribution in [0.15, 0.2) is 0 Å². The Bertz CT molecular complexity index is 709. The van der Waals surface area contributed by atoms with Crippen LogP contribution >= 0.6 is 0 Å². The monoisotopic (exact) mass is 434 g/mol. The van der Waals surface area contributed by atoms with Crippen molar-refractivity contribution in [2.45, 2.75) is 43.8 Å². The standard InChI is InChI=1S/C15H22N4O11/c16-6(3-11(23)24)13(27)19-7(1-2-10(21)22)14(28)17-5-9(20)18-8(15(29)30)4-12(25)26/h6-8H,1-5,16H2,(H,17,28)(H,18,20)(H,19,27)(H,21,22)(H,23,24)(H,25,26)(H,29,30). The third-order valence-corrected chi connectivity index (χ3v) is 3.45. The maximum absolute atomic E-state index is 12.2. The Hall–Kier alpha value is -3.75. The molecule has 15 heteroatoms. The summed E-state index contributed by atoms with van der Waals surface area (Å²) in [6.07, 6.45) is -2.63. The molecule has 9 N–H and O–H groups in total. The lowest BCUT2D eigenvalue weighted by molar-refractivity contribution is -0.147. The maximum atomic E-state index is 12.2. The first-order valence-corrected chi connectivity index (χ1v) is 8.34. The molecule has 3 unspecified atom stereocenters. The summed E-state index contributed by atoms with van der Waals surface area (Å²) < 4.78 is 0. The van der Waals surface area contributed by atoms with Gasteiger partial charge in [0.15, 0.2) is 0 Å². The van der Waals surface area contributed by atoms with E-state index >= 15 is 0 Å². The van der Waals surface area contributed by atoms with Crippen molar-refractivity contribution in [2.24, 2.45) is 5.73 Å². The summed E-state index contributed by atoms with van der Waals surface area (Å²) in [6, 6.07) is -4.74. The number of nitrogens with one attached hydrogen (secondary N) is 3. The highest BCUT2D eigenvalue weighted by Gasteiger charge is 2.27. The average molecular weight is 434 g/mol. The molecule has 0 radical (unpaired) electrons. The third-order valence-electron chi connectivity index (χ3n) is 3.45. The largest absolute Gasteiger partial charge is 0.481 e. The summed E-state index contributed by atoms with van der Waals surface area (Å²) in [4.78, 5) is 78.6. The van der Waals surface area contributed by atoms with Crippen molar-refractivity contribution in [2.75, 3.05) is 6.54 Å². The van der Waals surface area contributed by atoms with Gasteiger partial charge in [-0.15, -0.1) is 0 Å². The van der Waals surface area contributed by atoms with E-state index in [1.54, 1.807) is 0 Å². The van der Waals surface area contributed by atoms with E-state index in [0.29, 0.717) is 0 Å². The molecule has 168 valence electrons. The summed E-state index contributed by atoms with van der Waals surface area (Å²) in [6.45, 7) is -0.803. The molecular formula is C15H22N4O11. The topological polar surface area (TPSA) is 263 Å². The molecule has 15 nitrogen and oxygen atoms in total. The lowest BCUT2D eigenvalue weighted by Crippen LogP contribution is -2.54. The van der Waals surface area contributed by atoms with Gasteiger partial charge in [-0.2, -0.15) is 0 Å². The normalized spacial score (nSPS) is 13.2. The van der Waals surface area contributed by atoms with Crippen LogP contribution in [0.25, 0.3) is 0 Å². The molecule has 0 aromatic rings. The van der Waals surface area contributed by atoms with E-state index in [-0.39, 0.29) is 0 Å². The van der Waals surface area contributed by atoms with Crippen molar-refractivity contribution in [3.63, 3.8) is 0 Å². The molecule has 0 saturated carbocycles. The molecule has 3 atom stereocenters. The Morgan fingerprint density at radius 2 is 1.30 bits per heavy atom. The minimum absolute atomic E-state index is 0.412. The molecule has 0 rings (SSSR count). The second-order valence-corrected chi connectivity index (χ2v) is 5.97. The number of carboxylic acid groups (broad SMARTS) is 4. The Balaban J connectivity index is 4.94.